The fraction of sp³-hybridized carbons (Fsp3) is 1.00. The lowest BCUT2D eigenvalue weighted by molar-refractivity contribution is 0.0861. The lowest BCUT2D eigenvalue weighted by Gasteiger charge is -2.13. The first kappa shape index (κ1) is 6.39. The highest BCUT2D eigenvalue weighted by atomic mass is 32.2. The molecule has 2 nitrogen and oxygen atoms in total. The van der Waals surface area contributed by atoms with Crippen molar-refractivity contribution in [3.05, 3.63) is 0 Å². The summed E-state index contributed by atoms with van der Waals surface area (Å²) in [7, 11) is 0. The molecule has 2 atom stereocenters. The number of nitrogens with two attached hydrogens (primary N) is 1. The molecule has 1 aliphatic rings. The molecule has 8 heavy (non-hydrogen) atoms. The first-order chi connectivity index (χ1) is 3.52. The van der Waals surface area contributed by atoms with E-state index in [9.17, 15) is 5.11 Å². The second kappa shape index (κ2) is 1.62. The van der Waals surface area contributed by atoms with E-state index in [1.54, 1.807) is 25.6 Å². The Kier molecular flexibility index (Phi) is 1.30. The first-order valence-electron chi connectivity index (χ1n) is 2.65. The first-order valence-corrected chi connectivity index (χ1v) is 3.59. The van der Waals surface area contributed by atoms with E-state index in [0.29, 0.717) is 0 Å². The summed E-state index contributed by atoms with van der Waals surface area (Å²) in [5.41, 5.74) is 4.88. The van der Waals surface area contributed by atoms with E-state index < -0.39 is 5.60 Å². The number of hydrogen-bond acceptors (Lipinski definition) is 3. The van der Waals surface area contributed by atoms with Crippen molar-refractivity contribution >= 4 is 11.8 Å². The van der Waals surface area contributed by atoms with E-state index in [0.717, 1.165) is 0 Å². The number of hydrogen-bond donors (Lipinski definition) is 2. The molecule has 0 aromatic heterocycles. The van der Waals surface area contributed by atoms with E-state index >= 15 is 0 Å². The Balaban J connectivity index is 2.39. The highest BCUT2D eigenvalue weighted by Gasteiger charge is 2.45. The zero-order valence-corrected chi connectivity index (χ0v) is 5.90. The van der Waals surface area contributed by atoms with Crippen molar-refractivity contribution in [1.82, 2.24) is 0 Å². The Morgan fingerprint density at radius 1 is 1.62 bits per heavy atom. The molecule has 0 bridgehead atoms. The summed E-state index contributed by atoms with van der Waals surface area (Å²) in [5, 5.41) is 9.67. The molecule has 1 fully saturated rings. The molecule has 1 aliphatic heterocycles. The summed E-state index contributed by atoms with van der Waals surface area (Å²) in [5.74, 6) is 0. The van der Waals surface area contributed by atoms with Gasteiger partial charge in [0.15, 0.2) is 0 Å². The molecule has 0 spiro atoms. The van der Waals surface area contributed by atoms with Crippen molar-refractivity contribution in [2.45, 2.75) is 30.1 Å². The van der Waals surface area contributed by atoms with Gasteiger partial charge in [-0.1, -0.05) is 0 Å². The number of rotatable bonds is 1. The number of aliphatic hydroxyl groups is 1. The largest absolute Gasteiger partial charge is 0.389 e. The molecule has 0 amide bonds. The van der Waals surface area contributed by atoms with Gasteiger partial charge in [-0.15, -0.1) is 11.8 Å². The Hall–Kier alpha value is 0.270. The van der Waals surface area contributed by atoms with Crippen LogP contribution in [0.3, 0.4) is 0 Å². The maximum Gasteiger partial charge on any atom is 0.0733 e. The van der Waals surface area contributed by atoms with Crippen LogP contribution in [0.1, 0.15) is 13.8 Å². The van der Waals surface area contributed by atoms with Crippen molar-refractivity contribution in [2.75, 3.05) is 0 Å². The van der Waals surface area contributed by atoms with Gasteiger partial charge in [-0.25, -0.2) is 0 Å². The zero-order chi connectivity index (χ0) is 6.36. The SMILES string of the molecule is CC(C)(O)C1SC1N. The van der Waals surface area contributed by atoms with Crippen LogP contribution in [0.25, 0.3) is 0 Å². The molecule has 48 valence electrons. The average Bonchev–Trinajstić information content (AvgIpc) is 2.13. The molecule has 1 saturated heterocycles. The minimum absolute atomic E-state index is 0.176. The third-order valence-electron chi connectivity index (χ3n) is 1.22. The van der Waals surface area contributed by atoms with Gasteiger partial charge in [0.2, 0.25) is 0 Å². The van der Waals surface area contributed by atoms with Gasteiger partial charge in [-0.05, 0) is 13.8 Å². The van der Waals surface area contributed by atoms with Crippen LogP contribution in [0, 0.1) is 0 Å². The van der Waals surface area contributed by atoms with Gasteiger partial charge >= 0.3 is 0 Å². The molecule has 3 heteroatoms. The van der Waals surface area contributed by atoms with Crippen LogP contribution < -0.4 is 5.73 Å². The summed E-state index contributed by atoms with van der Waals surface area (Å²) >= 11 is 1.63. The minimum atomic E-state index is -0.579. The van der Waals surface area contributed by atoms with Crippen LogP contribution in [-0.2, 0) is 0 Å². The highest BCUT2D eigenvalue weighted by Crippen LogP contribution is 2.44. The summed E-state index contributed by atoms with van der Waals surface area (Å²) in [6, 6.07) is 0. The van der Waals surface area contributed by atoms with Crippen molar-refractivity contribution in [3.8, 4) is 0 Å². The lowest BCUT2D eigenvalue weighted by atomic mass is 10.1. The Morgan fingerprint density at radius 2 is 2.00 bits per heavy atom. The van der Waals surface area contributed by atoms with Gasteiger partial charge in [0, 0.05) is 0 Å². The summed E-state index contributed by atoms with van der Waals surface area (Å²) < 4.78 is 0. The fourth-order valence-electron chi connectivity index (χ4n) is 0.692. The second-order valence-corrected chi connectivity index (χ2v) is 4.00. The van der Waals surface area contributed by atoms with Crippen molar-refractivity contribution < 1.29 is 5.11 Å². The van der Waals surface area contributed by atoms with Gasteiger partial charge in [-0.3, -0.25) is 0 Å². The topological polar surface area (TPSA) is 46.2 Å². The molecule has 0 aromatic rings. The van der Waals surface area contributed by atoms with E-state index in [-0.39, 0.29) is 10.6 Å². The Morgan fingerprint density at radius 3 is 2.00 bits per heavy atom. The third-order valence-corrected chi connectivity index (χ3v) is 2.66. The van der Waals surface area contributed by atoms with Gasteiger partial charge in [0.25, 0.3) is 0 Å². The summed E-state index contributed by atoms with van der Waals surface area (Å²) in [6.07, 6.45) is 0. The Bertz CT molecular complexity index is 99.1. The van der Waals surface area contributed by atoms with Crippen molar-refractivity contribution in [2.24, 2.45) is 5.73 Å². The van der Waals surface area contributed by atoms with Crippen molar-refractivity contribution in [1.29, 1.82) is 0 Å². The van der Waals surface area contributed by atoms with E-state index in [4.69, 9.17) is 5.73 Å². The molecular weight excluding hydrogens is 122 g/mol. The molecule has 3 N–H and O–H groups in total. The fourth-order valence-corrected chi connectivity index (χ4v) is 1.61. The Labute approximate surface area is 53.5 Å². The molecule has 0 aliphatic carbocycles. The summed E-state index contributed by atoms with van der Waals surface area (Å²) in [6.45, 7) is 3.58. The molecular formula is C5H11NOS. The van der Waals surface area contributed by atoms with Gasteiger partial charge < -0.3 is 10.8 Å². The monoisotopic (exact) mass is 133 g/mol. The molecule has 2 unspecified atom stereocenters. The lowest BCUT2D eigenvalue weighted by Crippen LogP contribution is -2.29. The standard InChI is InChI=1S/C5H11NOS/c1-5(2,7)3-4(6)8-3/h3-4,7H,6H2,1-2H3. The van der Waals surface area contributed by atoms with Gasteiger partial charge in [-0.2, -0.15) is 0 Å². The van der Waals surface area contributed by atoms with Crippen LogP contribution in [0.2, 0.25) is 0 Å². The van der Waals surface area contributed by atoms with Crippen LogP contribution in [-0.4, -0.2) is 21.3 Å². The maximum atomic E-state index is 9.23. The van der Waals surface area contributed by atoms with Crippen LogP contribution in [0.5, 0.6) is 0 Å². The van der Waals surface area contributed by atoms with E-state index in [2.05, 4.69) is 0 Å². The average molecular weight is 133 g/mol. The molecule has 0 saturated carbocycles. The van der Waals surface area contributed by atoms with E-state index in [1.807, 2.05) is 0 Å². The van der Waals surface area contributed by atoms with Gasteiger partial charge in [0.05, 0.1) is 16.2 Å². The van der Waals surface area contributed by atoms with Gasteiger partial charge in [0.1, 0.15) is 0 Å². The molecule has 0 aromatic carbocycles. The number of thioether (sulfide) groups is 1. The molecule has 0 radical (unpaired) electrons. The predicted molar refractivity (Wildman–Crippen MR) is 35.7 cm³/mol. The van der Waals surface area contributed by atoms with Crippen LogP contribution >= 0.6 is 11.8 Å². The quantitative estimate of drug-likeness (QED) is 0.501. The van der Waals surface area contributed by atoms with Crippen molar-refractivity contribution in [3.63, 3.8) is 0 Å². The van der Waals surface area contributed by atoms with Crippen LogP contribution in [0.4, 0.5) is 0 Å². The normalized spacial score (nSPS) is 37.5. The second-order valence-electron chi connectivity index (χ2n) is 2.67. The smallest absolute Gasteiger partial charge is 0.0733 e. The zero-order valence-electron chi connectivity index (χ0n) is 5.09. The predicted octanol–water partition coefficient (Wildman–Crippen LogP) is 0.158. The molecule has 1 heterocycles. The van der Waals surface area contributed by atoms with E-state index in [1.165, 1.54) is 0 Å². The highest BCUT2D eigenvalue weighted by molar-refractivity contribution is 8.07. The minimum Gasteiger partial charge on any atom is -0.389 e. The molecule has 1 rings (SSSR count). The maximum absolute atomic E-state index is 9.23. The van der Waals surface area contributed by atoms with Crippen LogP contribution in [0.15, 0.2) is 0 Å². The third kappa shape index (κ3) is 1.16. The summed E-state index contributed by atoms with van der Waals surface area (Å²) in [4.78, 5) is 0.